The SMILES string of the molecule is COc1ccc(-c2c(C#N)c(N)nc(SCC(N)=O)c2C#N)cc1OC. The molecular formula is C17H15N5O3S. The third kappa shape index (κ3) is 3.63. The van der Waals surface area contributed by atoms with E-state index >= 15 is 0 Å². The molecule has 8 nitrogen and oxygen atoms in total. The number of nitrogen functional groups attached to an aromatic ring is 1. The molecule has 0 aliphatic rings. The number of nitrogens with two attached hydrogens (primary N) is 2. The molecule has 1 aromatic heterocycles. The molecule has 0 unspecified atom stereocenters. The molecule has 132 valence electrons. The van der Waals surface area contributed by atoms with Gasteiger partial charge in [0, 0.05) is 5.56 Å². The number of anilines is 1. The van der Waals surface area contributed by atoms with Crippen LogP contribution in [0.2, 0.25) is 0 Å². The Kier molecular flexibility index (Phi) is 5.89. The van der Waals surface area contributed by atoms with Crippen LogP contribution >= 0.6 is 11.8 Å². The van der Waals surface area contributed by atoms with Gasteiger partial charge in [0.1, 0.15) is 28.5 Å². The van der Waals surface area contributed by atoms with E-state index in [1.807, 2.05) is 12.1 Å². The van der Waals surface area contributed by atoms with Gasteiger partial charge in [0.25, 0.3) is 0 Å². The summed E-state index contributed by atoms with van der Waals surface area (Å²) in [5, 5.41) is 19.4. The number of pyridine rings is 1. The fourth-order valence-electron chi connectivity index (χ4n) is 2.32. The van der Waals surface area contributed by atoms with E-state index in [9.17, 15) is 15.3 Å². The third-order valence-corrected chi connectivity index (χ3v) is 4.44. The van der Waals surface area contributed by atoms with Crippen LogP contribution in [0, 0.1) is 22.7 Å². The number of hydrogen-bond acceptors (Lipinski definition) is 8. The number of carbonyl (C=O) groups is 1. The maximum absolute atomic E-state index is 11.1. The van der Waals surface area contributed by atoms with E-state index in [1.54, 1.807) is 18.2 Å². The minimum Gasteiger partial charge on any atom is -0.493 e. The molecular weight excluding hydrogens is 354 g/mol. The van der Waals surface area contributed by atoms with E-state index < -0.39 is 5.91 Å². The molecule has 1 aromatic carbocycles. The summed E-state index contributed by atoms with van der Waals surface area (Å²) in [6.45, 7) is 0. The van der Waals surface area contributed by atoms with Crippen LogP contribution in [0.1, 0.15) is 11.1 Å². The van der Waals surface area contributed by atoms with Gasteiger partial charge in [0.15, 0.2) is 11.5 Å². The summed E-state index contributed by atoms with van der Waals surface area (Å²) in [4.78, 5) is 15.1. The summed E-state index contributed by atoms with van der Waals surface area (Å²) in [5.74, 6) is 0.260. The lowest BCUT2D eigenvalue weighted by atomic mass is 9.96. The molecule has 0 atom stereocenters. The molecule has 1 amide bonds. The zero-order valence-electron chi connectivity index (χ0n) is 14.1. The van der Waals surface area contributed by atoms with Gasteiger partial charge in [0.05, 0.1) is 25.5 Å². The summed E-state index contributed by atoms with van der Waals surface area (Å²) in [7, 11) is 2.98. The Morgan fingerprint density at radius 3 is 2.38 bits per heavy atom. The molecule has 0 aliphatic carbocycles. The maximum atomic E-state index is 11.1. The highest BCUT2D eigenvalue weighted by Gasteiger charge is 2.22. The van der Waals surface area contributed by atoms with Gasteiger partial charge in [-0.25, -0.2) is 4.98 Å². The molecule has 0 radical (unpaired) electrons. The van der Waals surface area contributed by atoms with Crippen molar-refractivity contribution in [3.63, 3.8) is 0 Å². The average Bonchev–Trinajstić information content (AvgIpc) is 2.64. The molecule has 4 N–H and O–H groups in total. The Hall–Kier alpha value is -3.43. The summed E-state index contributed by atoms with van der Waals surface area (Å²) >= 11 is 0.986. The van der Waals surface area contributed by atoms with Crippen LogP contribution < -0.4 is 20.9 Å². The number of nitrogens with zero attached hydrogens (tertiary/aromatic N) is 3. The van der Waals surface area contributed by atoms with E-state index in [0.717, 1.165) is 11.8 Å². The molecule has 1 heterocycles. The smallest absolute Gasteiger partial charge is 0.227 e. The molecule has 0 saturated heterocycles. The minimum absolute atomic E-state index is 0.0387. The van der Waals surface area contributed by atoms with Crippen molar-refractivity contribution in [1.29, 1.82) is 10.5 Å². The van der Waals surface area contributed by atoms with Crippen molar-refractivity contribution in [3.05, 3.63) is 29.3 Å². The number of methoxy groups -OCH3 is 2. The van der Waals surface area contributed by atoms with Crippen molar-refractivity contribution >= 4 is 23.5 Å². The molecule has 0 bridgehead atoms. The Balaban J connectivity index is 2.76. The van der Waals surface area contributed by atoms with E-state index in [4.69, 9.17) is 20.9 Å². The van der Waals surface area contributed by atoms with Gasteiger partial charge < -0.3 is 20.9 Å². The topological polar surface area (TPSA) is 148 Å². The van der Waals surface area contributed by atoms with E-state index in [2.05, 4.69) is 4.98 Å². The zero-order valence-corrected chi connectivity index (χ0v) is 14.9. The van der Waals surface area contributed by atoms with Crippen LogP contribution in [0.3, 0.4) is 0 Å². The van der Waals surface area contributed by atoms with Gasteiger partial charge >= 0.3 is 0 Å². The van der Waals surface area contributed by atoms with Gasteiger partial charge in [-0.1, -0.05) is 17.8 Å². The standard InChI is InChI=1S/C17H15N5O3S/c1-24-12-4-3-9(5-13(12)25-2)15-10(6-18)16(21)22-17(11(15)7-19)26-8-14(20)23/h3-5H,8H2,1-2H3,(H2,20,23)(H2,21,22). The first-order valence-electron chi connectivity index (χ1n) is 7.24. The van der Waals surface area contributed by atoms with Crippen molar-refractivity contribution in [1.82, 2.24) is 4.98 Å². The number of hydrogen-bond donors (Lipinski definition) is 2. The second kappa shape index (κ2) is 8.10. The van der Waals surface area contributed by atoms with Crippen LogP contribution in [0.4, 0.5) is 5.82 Å². The zero-order chi connectivity index (χ0) is 19.3. The fraction of sp³-hybridized carbons (Fsp3) is 0.176. The Morgan fingerprint density at radius 1 is 1.19 bits per heavy atom. The summed E-state index contributed by atoms with van der Waals surface area (Å²) in [6.07, 6.45) is 0. The molecule has 2 rings (SSSR count). The van der Waals surface area contributed by atoms with Gasteiger partial charge in [-0.3, -0.25) is 4.79 Å². The van der Waals surface area contributed by atoms with Crippen molar-refractivity contribution in [3.8, 4) is 34.8 Å². The van der Waals surface area contributed by atoms with Crippen molar-refractivity contribution in [2.24, 2.45) is 5.73 Å². The van der Waals surface area contributed by atoms with Crippen LogP contribution in [-0.2, 0) is 4.79 Å². The number of nitriles is 2. The maximum Gasteiger partial charge on any atom is 0.227 e. The van der Waals surface area contributed by atoms with Crippen molar-refractivity contribution in [2.45, 2.75) is 5.03 Å². The van der Waals surface area contributed by atoms with Gasteiger partial charge in [-0.05, 0) is 17.7 Å². The number of benzene rings is 1. The third-order valence-electron chi connectivity index (χ3n) is 3.44. The van der Waals surface area contributed by atoms with Crippen LogP contribution in [0.5, 0.6) is 11.5 Å². The van der Waals surface area contributed by atoms with E-state index in [0.29, 0.717) is 22.6 Å². The van der Waals surface area contributed by atoms with Gasteiger partial charge in [-0.2, -0.15) is 10.5 Å². The normalized spacial score (nSPS) is 9.85. The number of amides is 1. The number of carbonyl (C=O) groups excluding carboxylic acids is 1. The van der Waals surface area contributed by atoms with Crippen LogP contribution in [0.25, 0.3) is 11.1 Å². The van der Waals surface area contributed by atoms with Crippen molar-refractivity contribution < 1.29 is 14.3 Å². The highest BCUT2D eigenvalue weighted by atomic mass is 32.2. The highest BCUT2D eigenvalue weighted by molar-refractivity contribution is 8.00. The number of aromatic nitrogens is 1. The number of ether oxygens (including phenoxy) is 2. The van der Waals surface area contributed by atoms with Crippen LogP contribution in [-0.4, -0.2) is 30.9 Å². The quantitative estimate of drug-likeness (QED) is 0.730. The van der Waals surface area contributed by atoms with E-state index in [1.165, 1.54) is 14.2 Å². The lowest BCUT2D eigenvalue weighted by Gasteiger charge is -2.14. The number of thioether (sulfide) groups is 1. The Bertz CT molecular complexity index is 947. The molecule has 0 spiro atoms. The Morgan fingerprint density at radius 2 is 1.85 bits per heavy atom. The van der Waals surface area contributed by atoms with Crippen LogP contribution in [0.15, 0.2) is 23.2 Å². The minimum atomic E-state index is -0.559. The average molecular weight is 369 g/mol. The van der Waals surface area contributed by atoms with E-state index in [-0.39, 0.29) is 27.7 Å². The molecule has 2 aromatic rings. The van der Waals surface area contributed by atoms with Gasteiger partial charge in [-0.15, -0.1) is 0 Å². The second-order valence-electron chi connectivity index (χ2n) is 4.98. The summed E-state index contributed by atoms with van der Waals surface area (Å²) in [6, 6.07) is 9.00. The molecule has 0 fully saturated rings. The van der Waals surface area contributed by atoms with Crippen molar-refractivity contribution in [2.75, 3.05) is 25.7 Å². The second-order valence-corrected chi connectivity index (χ2v) is 5.94. The molecule has 26 heavy (non-hydrogen) atoms. The molecule has 9 heteroatoms. The summed E-state index contributed by atoms with van der Waals surface area (Å²) < 4.78 is 10.5. The molecule has 0 saturated carbocycles. The first-order valence-corrected chi connectivity index (χ1v) is 8.22. The lowest BCUT2D eigenvalue weighted by Crippen LogP contribution is -2.14. The van der Waals surface area contributed by atoms with Gasteiger partial charge in [0.2, 0.25) is 5.91 Å². The monoisotopic (exact) mass is 369 g/mol. The molecule has 0 aliphatic heterocycles. The first-order chi connectivity index (χ1) is 12.5. The largest absolute Gasteiger partial charge is 0.493 e. The number of rotatable bonds is 6. The first kappa shape index (κ1) is 18.9. The summed E-state index contributed by atoms with van der Waals surface area (Å²) in [5.41, 5.74) is 12.1. The Labute approximate surface area is 154 Å². The fourth-order valence-corrected chi connectivity index (χ4v) is 3.06. The predicted molar refractivity (Wildman–Crippen MR) is 96.5 cm³/mol. The highest BCUT2D eigenvalue weighted by Crippen LogP contribution is 2.39. The predicted octanol–water partition coefficient (Wildman–Crippen LogP) is 1.67. The number of primary amides is 1. The lowest BCUT2D eigenvalue weighted by molar-refractivity contribution is -0.115.